The number of nitrogen functional groups attached to an aromatic ring is 1. The van der Waals surface area contributed by atoms with Gasteiger partial charge in [0, 0.05) is 43.3 Å². The lowest BCUT2D eigenvalue weighted by Gasteiger charge is -2.05. The van der Waals surface area contributed by atoms with Crippen LogP contribution < -0.4 is 10.5 Å². The zero-order valence-corrected chi connectivity index (χ0v) is 13.5. The predicted molar refractivity (Wildman–Crippen MR) is 87.8 cm³/mol. The minimum Gasteiger partial charge on any atom is -0.383 e. The first-order chi connectivity index (χ1) is 10.8. The van der Waals surface area contributed by atoms with Crippen LogP contribution in [0, 0.1) is 0 Å². The summed E-state index contributed by atoms with van der Waals surface area (Å²) in [6.07, 6.45) is 7.76. The largest absolute Gasteiger partial charge is 0.383 e. The molecule has 3 aromatic heterocycles. The van der Waals surface area contributed by atoms with Crippen LogP contribution in [0.1, 0.15) is 5.56 Å². The summed E-state index contributed by atoms with van der Waals surface area (Å²) in [6, 6.07) is 1.87. The van der Waals surface area contributed by atoms with E-state index in [4.69, 9.17) is 5.73 Å². The third-order valence-corrected chi connectivity index (χ3v) is 4.10. The maximum absolute atomic E-state index is 11.2. The smallest absolute Gasteiger partial charge is 0.209 e. The first-order valence-electron chi connectivity index (χ1n) is 6.79. The lowest BCUT2D eigenvalue weighted by atomic mass is 10.1. The van der Waals surface area contributed by atoms with E-state index in [1.807, 2.05) is 23.9 Å². The van der Waals surface area contributed by atoms with Gasteiger partial charge in [0.05, 0.1) is 11.6 Å². The minimum atomic E-state index is -3.26. The molecule has 0 amide bonds. The van der Waals surface area contributed by atoms with Gasteiger partial charge in [-0.25, -0.2) is 23.1 Å². The van der Waals surface area contributed by atoms with E-state index >= 15 is 0 Å². The van der Waals surface area contributed by atoms with Crippen molar-refractivity contribution in [3.05, 3.63) is 36.5 Å². The number of hydrogen-bond donors (Lipinski definition) is 2. The molecule has 3 rings (SSSR count). The molecule has 0 fully saturated rings. The first-order valence-corrected chi connectivity index (χ1v) is 8.69. The molecule has 0 unspecified atom stereocenters. The molecule has 0 radical (unpaired) electrons. The molecule has 3 N–H and O–H groups in total. The molecule has 0 bridgehead atoms. The van der Waals surface area contributed by atoms with E-state index in [0.29, 0.717) is 5.82 Å². The van der Waals surface area contributed by atoms with Crippen molar-refractivity contribution < 1.29 is 8.42 Å². The monoisotopic (exact) mass is 332 g/mol. The van der Waals surface area contributed by atoms with E-state index in [0.717, 1.165) is 34.0 Å². The number of pyridine rings is 1. The van der Waals surface area contributed by atoms with Gasteiger partial charge < -0.3 is 10.3 Å². The maximum Gasteiger partial charge on any atom is 0.209 e. The van der Waals surface area contributed by atoms with Crippen LogP contribution in [-0.4, -0.2) is 34.2 Å². The molecule has 0 saturated heterocycles. The van der Waals surface area contributed by atoms with Gasteiger partial charge in [-0.15, -0.1) is 0 Å². The molecule has 23 heavy (non-hydrogen) atoms. The molecule has 0 aliphatic carbocycles. The maximum atomic E-state index is 11.2. The molecule has 0 spiro atoms. The second kappa shape index (κ2) is 5.60. The molecular weight excluding hydrogens is 316 g/mol. The number of rotatable bonds is 4. The molecular formula is C14H16N6O2S. The summed E-state index contributed by atoms with van der Waals surface area (Å²) in [6.45, 7) is 0.177. The van der Waals surface area contributed by atoms with Crippen LogP contribution in [0.25, 0.3) is 22.2 Å². The second-order valence-electron chi connectivity index (χ2n) is 5.29. The van der Waals surface area contributed by atoms with E-state index in [1.54, 1.807) is 12.4 Å². The van der Waals surface area contributed by atoms with Crippen molar-refractivity contribution in [2.24, 2.45) is 7.05 Å². The fourth-order valence-electron chi connectivity index (χ4n) is 2.40. The third-order valence-electron chi connectivity index (χ3n) is 3.43. The summed E-state index contributed by atoms with van der Waals surface area (Å²) in [5.41, 5.74) is 9.14. The van der Waals surface area contributed by atoms with Crippen molar-refractivity contribution >= 4 is 26.9 Å². The first kappa shape index (κ1) is 15.4. The molecule has 120 valence electrons. The molecule has 0 aromatic carbocycles. The number of anilines is 1. The molecule has 9 heteroatoms. The van der Waals surface area contributed by atoms with Gasteiger partial charge in [0.1, 0.15) is 17.8 Å². The van der Waals surface area contributed by atoms with Gasteiger partial charge in [-0.2, -0.15) is 0 Å². The number of aromatic nitrogens is 4. The van der Waals surface area contributed by atoms with Crippen LogP contribution in [0.5, 0.6) is 0 Å². The summed E-state index contributed by atoms with van der Waals surface area (Å²) in [5, 5.41) is 0.755. The minimum absolute atomic E-state index is 0.177. The van der Waals surface area contributed by atoms with Gasteiger partial charge in [-0.1, -0.05) is 0 Å². The van der Waals surface area contributed by atoms with Crippen LogP contribution in [-0.2, 0) is 23.6 Å². The van der Waals surface area contributed by atoms with E-state index in [2.05, 4.69) is 19.7 Å². The molecule has 0 atom stereocenters. The highest BCUT2D eigenvalue weighted by atomic mass is 32.2. The summed E-state index contributed by atoms with van der Waals surface area (Å²) < 4.78 is 26.7. The van der Waals surface area contributed by atoms with Gasteiger partial charge in [0.25, 0.3) is 0 Å². The molecule has 0 saturated carbocycles. The average Bonchev–Trinajstić information content (AvgIpc) is 2.84. The van der Waals surface area contributed by atoms with E-state index in [1.165, 1.54) is 6.33 Å². The Labute approximate surface area is 133 Å². The zero-order valence-electron chi connectivity index (χ0n) is 12.7. The van der Waals surface area contributed by atoms with Gasteiger partial charge in [0.2, 0.25) is 10.0 Å². The number of sulfonamides is 1. The number of nitrogens with zero attached hydrogens (tertiary/aromatic N) is 4. The quantitative estimate of drug-likeness (QED) is 0.725. The van der Waals surface area contributed by atoms with Gasteiger partial charge in [0.15, 0.2) is 0 Å². The number of nitrogens with one attached hydrogen (secondary N) is 1. The Morgan fingerprint density at radius 2 is 2.09 bits per heavy atom. The van der Waals surface area contributed by atoms with Gasteiger partial charge in [-0.05, 0) is 11.6 Å². The fourth-order valence-corrected chi connectivity index (χ4v) is 2.83. The Bertz CT molecular complexity index is 980. The Kier molecular flexibility index (Phi) is 3.74. The highest BCUT2D eigenvalue weighted by Gasteiger charge is 2.14. The van der Waals surface area contributed by atoms with Crippen molar-refractivity contribution in [1.29, 1.82) is 0 Å². The van der Waals surface area contributed by atoms with Crippen LogP contribution >= 0.6 is 0 Å². The number of fused-ring (bicyclic) bond motifs is 1. The van der Waals surface area contributed by atoms with Crippen molar-refractivity contribution in [2.45, 2.75) is 6.54 Å². The molecule has 0 aliphatic rings. The summed E-state index contributed by atoms with van der Waals surface area (Å²) in [5.74, 6) is 0.394. The third kappa shape index (κ3) is 3.15. The zero-order chi connectivity index (χ0) is 16.6. The Hall–Kier alpha value is -2.52. The molecule has 8 nitrogen and oxygen atoms in total. The summed E-state index contributed by atoms with van der Waals surface area (Å²) in [4.78, 5) is 12.5. The lowest BCUT2D eigenvalue weighted by molar-refractivity contribution is 0.587. The topological polar surface area (TPSA) is 116 Å². The van der Waals surface area contributed by atoms with E-state index in [-0.39, 0.29) is 6.54 Å². The second-order valence-corrected chi connectivity index (χ2v) is 7.12. The average molecular weight is 332 g/mol. The Morgan fingerprint density at radius 1 is 1.30 bits per heavy atom. The number of aryl methyl sites for hydroxylation is 1. The SMILES string of the molecule is Cn1cc(-c2cncc(CNS(C)(=O)=O)c2)c2c(N)ncnc21. The van der Waals surface area contributed by atoms with Gasteiger partial charge >= 0.3 is 0 Å². The van der Waals surface area contributed by atoms with Gasteiger partial charge in [-0.3, -0.25) is 4.98 Å². The Balaban J connectivity index is 2.06. The van der Waals surface area contributed by atoms with Crippen LogP contribution in [0.4, 0.5) is 5.82 Å². The van der Waals surface area contributed by atoms with Crippen LogP contribution in [0.15, 0.2) is 31.0 Å². The van der Waals surface area contributed by atoms with Crippen molar-refractivity contribution in [2.75, 3.05) is 12.0 Å². The summed E-state index contributed by atoms with van der Waals surface area (Å²) in [7, 11) is -1.38. The standard InChI is InChI=1S/C14H16N6O2S/c1-20-7-11(12-13(15)17-8-18-14(12)20)10-3-9(4-16-6-10)5-19-23(2,21)22/h3-4,6-8,19H,5H2,1-2H3,(H2,15,17,18). The van der Waals surface area contributed by atoms with Crippen LogP contribution in [0.2, 0.25) is 0 Å². The lowest BCUT2D eigenvalue weighted by Crippen LogP contribution is -2.21. The fraction of sp³-hybridized carbons (Fsp3) is 0.214. The molecule has 3 heterocycles. The highest BCUT2D eigenvalue weighted by molar-refractivity contribution is 7.88. The Morgan fingerprint density at radius 3 is 2.83 bits per heavy atom. The normalized spacial score (nSPS) is 11.9. The number of nitrogens with two attached hydrogens (primary N) is 1. The summed E-state index contributed by atoms with van der Waals surface area (Å²) >= 11 is 0. The predicted octanol–water partition coefficient (Wildman–Crippen LogP) is 0.662. The van der Waals surface area contributed by atoms with Crippen LogP contribution in [0.3, 0.4) is 0 Å². The highest BCUT2D eigenvalue weighted by Crippen LogP contribution is 2.31. The molecule has 0 aliphatic heterocycles. The van der Waals surface area contributed by atoms with E-state index < -0.39 is 10.0 Å². The number of hydrogen-bond acceptors (Lipinski definition) is 6. The molecule has 3 aromatic rings. The van der Waals surface area contributed by atoms with Crippen molar-refractivity contribution in [3.8, 4) is 11.1 Å². The van der Waals surface area contributed by atoms with Crippen molar-refractivity contribution in [1.82, 2.24) is 24.2 Å². The van der Waals surface area contributed by atoms with Crippen molar-refractivity contribution in [3.63, 3.8) is 0 Å². The van der Waals surface area contributed by atoms with E-state index in [9.17, 15) is 8.42 Å².